The fourth-order valence-electron chi connectivity index (χ4n) is 3.30. The van der Waals surface area contributed by atoms with Gasteiger partial charge in [0.15, 0.2) is 0 Å². The van der Waals surface area contributed by atoms with E-state index in [-0.39, 0.29) is 5.91 Å². The van der Waals surface area contributed by atoms with E-state index in [1.165, 1.54) is 17.0 Å². The molecule has 29 heavy (non-hydrogen) atoms. The first-order valence-electron chi connectivity index (χ1n) is 9.33. The molecule has 2 aromatic rings. The number of urea groups is 1. The summed E-state index contributed by atoms with van der Waals surface area (Å²) in [6.07, 6.45) is -3.42. The van der Waals surface area contributed by atoms with Crippen molar-refractivity contribution in [1.82, 2.24) is 9.80 Å². The molecular formula is C21H22F3N3O2. The fourth-order valence-corrected chi connectivity index (χ4v) is 3.30. The minimum Gasteiger partial charge on any atom is -0.351 e. The van der Waals surface area contributed by atoms with E-state index in [2.05, 4.69) is 0 Å². The van der Waals surface area contributed by atoms with Crippen molar-refractivity contribution in [2.24, 2.45) is 5.73 Å². The number of halogens is 3. The second kappa shape index (κ2) is 8.55. The summed E-state index contributed by atoms with van der Waals surface area (Å²) in [6.45, 7) is 1.86. The van der Waals surface area contributed by atoms with Crippen LogP contribution in [0.1, 0.15) is 17.5 Å². The van der Waals surface area contributed by atoms with Gasteiger partial charge in [0, 0.05) is 32.6 Å². The number of hydrogen-bond donors (Lipinski definition) is 1. The number of benzene rings is 2. The van der Waals surface area contributed by atoms with Crippen LogP contribution in [0.2, 0.25) is 0 Å². The highest BCUT2D eigenvalue weighted by molar-refractivity contribution is 5.77. The molecule has 0 aromatic heterocycles. The molecule has 0 saturated carbocycles. The van der Waals surface area contributed by atoms with Crippen LogP contribution in [0.5, 0.6) is 0 Å². The highest BCUT2D eigenvalue weighted by Crippen LogP contribution is 2.31. The molecule has 0 unspecified atom stereocenters. The molecule has 2 N–H and O–H groups in total. The molecule has 1 aliphatic rings. The van der Waals surface area contributed by atoms with Crippen LogP contribution in [-0.4, -0.2) is 47.9 Å². The van der Waals surface area contributed by atoms with Gasteiger partial charge in [0.05, 0.1) is 5.56 Å². The van der Waals surface area contributed by atoms with Crippen molar-refractivity contribution in [3.05, 3.63) is 59.7 Å². The van der Waals surface area contributed by atoms with Gasteiger partial charge >= 0.3 is 12.2 Å². The largest absolute Gasteiger partial charge is 0.416 e. The molecule has 8 heteroatoms. The normalized spacial score (nSPS) is 14.7. The average molecular weight is 405 g/mol. The van der Waals surface area contributed by atoms with Crippen molar-refractivity contribution < 1.29 is 22.8 Å². The van der Waals surface area contributed by atoms with Gasteiger partial charge in [0.1, 0.15) is 0 Å². The van der Waals surface area contributed by atoms with Crippen LogP contribution in [-0.2, 0) is 17.4 Å². The van der Waals surface area contributed by atoms with Crippen LogP contribution in [0.25, 0.3) is 11.1 Å². The fraction of sp³-hybridized carbons (Fsp3) is 0.333. The van der Waals surface area contributed by atoms with Gasteiger partial charge in [-0.2, -0.15) is 13.2 Å². The van der Waals surface area contributed by atoms with Gasteiger partial charge in [-0.25, -0.2) is 4.79 Å². The lowest BCUT2D eigenvalue weighted by Gasteiger charge is -2.33. The maximum absolute atomic E-state index is 12.7. The Morgan fingerprint density at radius 2 is 1.31 bits per heavy atom. The van der Waals surface area contributed by atoms with E-state index in [0.717, 1.165) is 23.3 Å². The minimum absolute atomic E-state index is 0.0286. The van der Waals surface area contributed by atoms with Crippen LogP contribution in [0.4, 0.5) is 18.0 Å². The van der Waals surface area contributed by atoms with E-state index >= 15 is 0 Å². The smallest absolute Gasteiger partial charge is 0.351 e. The van der Waals surface area contributed by atoms with Gasteiger partial charge in [0.2, 0.25) is 5.91 Å². The lowest BCUT2D eigenvalue weighted by atomic mass is 10.0. The molecule has 1 aliphatic heterocycles. The van der Waals surface area contributed by atoms with Gasteiger partial charge in [-0.3, -0.25) is 4.79 Å². The van der Waals surface area contributed by atoms with Crippen molar-refractivity contribution in [2.75, 3.05) is 26.2 Å². The molecule has 2 aromatic carbocycles. The number of alkyl halides is 3. The zero-order valence-electron chi connectivity index (χ0n) is 15.8. The van der Waals surface area contributed by atoms with Crippen LogP contribution in [0.3, 0.4) is 0 Å². The molecule has 1 fully saturated rings. The number of nitrogens with zero attached hydrogens (tertiary/aromatic N) is 2. The molecule has 0 aliphatic carbocycles. The van der Waals surface area contributed by atoms with Crippen LogP contribution >= 0.6 is 0 Å². The molecule has 0 bridgehead atoms. The van der Waals surface area contributed by atoms with Crippen LogP contribution < -0.4 is 5.73 Å². The molecule has 3 rings (SSSR count). The summed E-state index contributed by atoms with van der Waals surface area (Å²) in [5, 5.41) is 0. The molecule has 0 atom stereocenters. The summed E-state index contributed by atoms with van der Waals surface area (Å²) in [4.78, 5) is 26.7. The number of aryl methyl sites for hydroxylation is 1. The first-order chi connectivity index (χ1) is 13.7. The summed E-state index contributed by atoms with van der Waals surface area (Å²) in [7, 11) is 0. The Kier molecular flexibility index (Phi) is 6.10. The number of primary amides is 1. The van der Waals surface area contributed by atoms with E-state index in [0.29, 0.717) is 44.6 Å². The molecule has 1 heterocycles. The van der Waals surface area contributed by atoms with E-state index in [1.807, 2.05) is 24.3 Å². The Morgan fingerprint density at radius 1 is 0.828 bits per heavy atom. The van der Waals surface area contributed by atoms with Crippen LogP contribution in [0, 0.1) is 0 Å². The number of amides is 3. The first-order valence-corrected chi connectivity index (χ1v) is 9.33. The Hall–Kier alpha value is -3.03. The number of carbonyl (C=O) groups excluding carboxylic acids is 2. The number of rotatable bonds is 4. The predicted octanol–water partition coefficient (Wildman–Crippen LogP) is 3.53. The number of nitrogens with two attached hydrogens (primary N) is 1. The molecule has 1 saturated heterocycles. The predicted molar refractivity (Wildman–Crippen MR) is 103 cm³/mol. The highest BCUT2D eigenvalue weighted by Gasteiger charge is 2.30. The van der Waals surface area contributed by atoms with Gasteiger partial charge in [-0.1, -0.05) is 36.4 Å². The maximum Gasteiger partial charge on any atom is 0.416 e. The topological polar surface area (TPSA) is 66.6 Å². The summed E-state index contributed by atoms with van der Waals surface area (Å²) in [5.74, 6) is 0.0286. The summed E-state index contributed by atoms with van der Waals surface area (Å²) >= 11 is 0. The van der Waals surface area contributed by atoms with Crippen molar-refractivity contribution in [2.45, 2.75) is 19.0 Å². The number of hydrogen-bond acceptors (Lipinski definition) is 2. The Labute approximate surface area is 166 Å². The highest BCUT2D eigenvalue weighted by atomic mass is 19.4. The zero-order chi connectivity index (χ0) is 21.0. The molecular weight excluding hydrogens is 383 g/mol. The van der Waals surface area contributed by atoms with Gasteiger partial charge in [-0.15, -0.1) is 0 Å². The minimum atomic E-state index is -4.35. The molecule has 0 radical (unpaired) electrons. The second-order valence-electron chi connectivity index (χ2n) is 6.98. The lowest BCUT2D eigenvalue weighted by Crippen LogP contribution is -2.52. The van der Waals surface area contributed by atoms with Crippen LogP contribution in [0.15, 0.2) is 48.5 Å². The Morgan fingerprint density at radius 3 is 1.79 bits per heavy atom. The van der Waals surface area contributed by atoms with Crippen molar-refractivity contribution in [3.63, 3.8) is 0 Å². The van der Waals surface area contributed by atoms with E-state index < -0.39 is 17.8 Å². The molecule has 3 amide bonds. The van der Waals surface area contributed by atoms with Crippen molar-refractivity contribution in [3.8, 4) is 11.1 Å². The van der Waals surface area contributed by atoms with Gasteiger partial charge in [0.25, 0.3) is 0 Å². The third-order valence-corrected chi connectivity index (χ3v) is 5.07. The number of carbonyl (C=O) groups is 2. The molecule has 154 valence electrons. The van der Waals surface area contributed by atoms with E-state index in [9.17, 15) is 22.8 Å². The lowest BCUT2D eigenvalue weighted by molar-refractivity contribution is -0.137. The number of piperazine rings is 1. The van der Waals surface area contributed by atoms with Crippen molar-refractivity contribution in [1.29, 1.82) is 0 Å². The maximum atomic E-state index is 12.7. The SMILES string of the molecule is NC(=O)N1CCN(C(=O)CCc2ccc(-c3ccc(C(F)(F)F)cc3)cc2)CC1. The van der Waals surface area contributed by atoms with Crippen molar-refractivity contribution >= 4 is 11.9 Å². The molecule has 5 nitrogen and oxygen atoms in total. The van der Waals surface area contributed by atoms with E-state index in [4.69, 9.17) is 5.73 Å². The van der Waals surface area contributed by atoms with Gasteiger partial charge in [-0.05, 0) is 35.2 Å². The quantitative estimate of drug-likeness (QED) is 0.846. The Balaban J connectivity index is 1.53. The summed E-state index contributed by atoms with van der Waals surface area (Å²) in [5.41, 5.74) is 7.06. The first kappa shape index (κ1) is 20.7. The summed E-state index contributed by atoms with van der Waals surface area (Å²) in [6, 6.07) is 12.0. The summed E-state index contributed by atoms with van der Waals surface area (Å²) < 4.78 is 38.0. The molecule has 0 spiro atoms. The average Bonchev–Trinajstić information content (AvgIpc) is 2.72. The zero-order valence-corrected chi connectivity index (χ0v) is 15.8. The standard InChI is InChI=1S/C21H22F3N3O2/c22-21(23,24)18-8-6-17(7-9-18)16-4-1-15(2-5-16)3-10-19(28)26-11-13-27(14-12-26)20(25)29/h1-2,4-9H,3,10-14H2,(H2,25,29). The second-order valence-corrected chi connectivity index (χ2v) is 6.98. The third kappa shape index (κ3) is 5.28. The third-order valence-electron chi connectivity index (χ3n) is 5.07. The van der Waals surface area contributed by atoms with Gasteiger partial charge < -0.3 is 15.5 Å². The monoisotopic (exact) mass is 405 g/mol. The Bertz CT molecular complexity index is 856. The van der Waals surface area contributed by atoms with E-state index in [1.54, 1.807) is 4.90 Å².